The zero-order valence-corrected chi connectivity index (χ0v) is 28.0. The summed E-state index contributed by atoms with van der Waals surface area (Å²) in [6.07, 6.45) is 7.19. The van der Waals surface area contributed by atoms with Gasteiger partial charge in [-0.25, -0.2) is 4.18 Å². The van der Waals surface area contributed by atoms with Gasteiger partial charge >= 0.3 is 40.0 Å². The second-order valence-electron chi connectivity index (χ2n) is 15.6. The maximum absolute atomic E-state index is 12.7. The minimum Gasteiger partial charge on any atom is -0.549 e. The third kappa shape index (κ3) is 4.39. The van der Waals surface area contributed by atoms with Crippen molar-refractivity contribution in [3.8, 4) is 0 Å². The molecule has 5 rings (SSSR count). The van der Waals surface area contributed by atoms with Crippen LogP contribution in [0.3, 0.4) is 0 Å². The Bertz CT molecular complexity index is 1160. The van der Waals surface area contributed by atoms with Gasteiger partial charge in [0.15, 0.2) is 0 Å². The molecule has 2 N–H and O–H groups in total. The molecule has 0 bridgehead atoms. The molecule has 0 spiro atoms. The van der Waals surface area contributed by atoms with Gasteiger partial charge in [0.05, 0.1) is 18.2 Å². The van der Waals surface area contributed by atoms with Crippen LogP contribution < -0.4 is 34.7 Å². The van der Waals surface area contributed by atoms with Crippen molar-refractivity contribution in [1.29, 1.82) is 0 Å². The predicted octanol–water partition coefficient (Wildman–Crippen LogP) is 1.70. The fourth-order valence-corrected chi connectivity index (χ4v) is 11.6. The molecule has 0 unspecified atom stereocenters. The van der Waals surface area contributed by atoms with Crippen molar-refractivity contribution in [2.24, 2.45) is 50.2 Å². The van der Waals surface area contributed by atoms with Crippen molar-refractivity contribution in [3.05, 3.63) is 11.6 Å². The summed E-state index contributed by atoms with van der Waals surface area (Å²) >= 11 is 0. The third-order valence-electron chi connectivity index (χ3n) is 13.2. The van der Waals surface area contributed by atoms with Gasteiger partial charge in [-0.2, -0.15) is 8.42 Å². The van der Waals surface area contributed by atoms with Gasteiger partial charge in [-0.1, -0.05) is 60.1 Å². The Labute approximate surface area is 257 Å². The first-order valence-corrected chi connectivity index (χ1v) is 15.9. The van der Waals surface area contributed by atoms with Gasteiger partial charge in [0.25, 0.3) is 0 Å². The molecule has 9 heteroatoms. The topological polar surface area (TPSA) is 124 Å². The van der Waals surface area contributed by atoms with E-state index < -0.39 is 39.4 Å². The van der Waals surface area contributed by atoms with Crippen molar-refractivity contribution in [2.45, 2.75) is 118 Å². The number of fused-ring (bicyclic) bond motifs is 7. The summed E-state index contributed by atoms with van der Waals surface area (Å²) in [5.41, 5.74) is -1.01. The second-order valence-corrected chi connectivity index (χ2v) is 16.7. The van der Waals surface area contributed by atoms with E-state index in [1.807, 2.05) is 0 Å². The number of aliphatic hydroxyl groups is 1. The van der Waals surface area contributed by atoms with Gasteiger partial charge in [-0.3, -0.25) is 4.55 Å². The standard InChI is InChI=1S/C30H48O7S.Na/c1-25(2)14-15-30(24(32)33)19(16-25)18-8-9-21-27(5)12-11-23(37-38(34,35)36)26(3,4)20(27)10-13-28(21,6)29(18,7)17-22(30)31;/h8,19-23,31H,9-17H2,1-7H3,(H,32,33)(H,34,35,36);/q;+1/p-1/t19-,20-,21+,22+,23-,27-,28+,29+,30+;/m0./s1. The normalized spacial score (nSPS) is 48.2. The van der Waals surface area contributed by atoms with E-state index in [2.05, 4.69) is 54.5 Å². The van der Waals surface area contributed by atoms with E-state index in [0.29, 0.717) is 25.2 Å². The van der Waals surface area contributed by atoms with Gasteiger partial charge in [0.1, 0.15) is 0 Å². The SMILES string of the molecule is CC1(C)CC[C@]2(C(=O)[O-])[C@H](O)C[C@]3(C)C(=CC[C@@H]4[C@@]5(C)CC[C@H](OS(=O)(=O)O)C(C)(C)[C@@H]5CC[C@]43C)[C@@H]2C1.[Na+]. The van der Waals surface area contributed by atoms with Crippen LogP contribution in [-0.2, 0) is 19.4 Å². The average Bonchev–Trinajstić information content (AvgIpc) is 2.75. The van der Waals surface area contributed by atoms with Crippen molar-refractivity contribution < 1.29 is 61.7 Å². The summed E-state index contributed by atoms with van der Waals surface area (Å²) in [7, 11) is -4.54. The maximum Gasteiger partial charge on any atom is 1.00 e. The molecule has 0 aromatic rings. The molecule has 0 aromatic heterocycles. The minimum atomic E-state index is -4.54. The molecular formula is C30H47NaO7S. The molecule has 0 aromatic carbocycles. The Morgan fingerprint density at radius 1 is 0.974 bits per heavy atom. The van der Waals surface area contributed by atoms with Crippen LogP contribution in [0.15, 0.2) is 11.6 Å². The van der Waals surface area contributed by atoms with Crippen molar-refractivity contribution in [3.63, 3.8) is 0 Å². The first kappa shape index (κ1) is 32.0. The molecule has 0 saturated heterocycles. The molecule has 7 nitrogen and oxygen atoms in total. The van der Waals surface area contributed by atoms with Crippen molar-refractivity contribution >= 4 is 16.4 Å². The number of carbonyl (C=O) groups is 1. The van der Waals surface area contributed by atoms with Crippen LogP contribution in [0.1, 0.15) is 106 Å². The molecule has 4 fully saturated rings. The van der Waals surface area contributed by atoms with E-state index in [1.165, 1.54) is 5.57 Å². The van der Waals surface area contributed by atoms with E-state index >= 15 is 0 Å². The molecule has 0 amide bonds. The van der Waals surface area contributed by atoms with Gasteiger partial charge in [0.2, 0.25) is 0 Å². The minimum absolute atomic E-state index is 0. The predicted molar refractivity (Wildman–Crippen MR) is 142 cm³/mol. The van der Waals surface area contributed by atoms with Gasteiger partial charge in [-0.05, 0) is 103 Å². The Morgan fingerprint density at radius 3 is 2.21 bits per heavy atom. The molecule has 0 heterocycles. The number of hydrogen-bond acceptors (Lipinski definition) is 6. The van der Waals surface area contributed by atoms with E-state index in [0.717, 1.165) is 38.5 Å². The van der Waals surface area contributed by atoms with Crippen LogP contribution >= 0.6 is 0 Å². The number of carboxylic acids is 1. The van der Waals surface area contributed by atoms with Crippen LogP contribution in [0.2, 0.25) is 0 Å². The molecule has 5 aliphatic rings. The van der Waals surface area contributed by atoms with Crippen LogP contribution in [0.4, 0.5) is 0 Å². The van der Waals surface area contributed by atoms with Gasteiger partial charge < -0.3 is 15.0 Å². The summed E-state index contributed by atoms with van der Waals surface area (Å²) in [5.74, 6) is -0.830. The largest absolute Gasteiger partial charge is 1.00 e. The Balaban J connectivity index is 0.00000353. The van der Waals surface area contributed by atoms with Crippen LogP contribution in [-0.4, -0.2) is 36.3 Å². The van der Waals surface area contributed by atoms with E-state index in [4.69, 9.17) is 4.18 Å². The van der Waals surface area contributed by atoms with Gasteiger partial charge in [0, 0.05) is 5.41 Å². The molecule has 4 saturated carbocycles. The summed E-state index contributed by atoms with van der Waals surface area (Å²) in [6.45, 7) is 15.6. The molecular weight excluding hydrogens is 527 g/mol. The van der Waals surface area contributed by atoms with Crippen LogP contribution in [0.5, 0.6) is 0 Å². The van der Waals surface area contributed by atoms with Crippen LogP contribution in [0.25, 0.3) is 0 Å². The summed E-state index contributed by atoms with van der Waals surface area (Å²) < 4.78 is 37.9. The number of aliphatic hydroxyl groups excluding tert-OH is 1. The number of allylic oxidation sites excluding steroid dienone is 2. The Kier molecular flexibility index (Phi) is 7.80. The maximum atomic E-state index is 12.7. The number of carboxylic acid groups (broad SMARTS) is 1. The molecule has 39 heavy (non-hydrogen) atoms. The number of aliphatic carboxylic acids is 1. The number of rotatable bonds is 3. The summed E-state index contributed by atoms with van der Waals surface area (Å²) in [6, 6.07) is 0. The van der Waals surface area contributed by atoms with Crippen molar-refractivity contribution in [1.82, 2.24) is 0 Å². The fraction of sp³-hybridized carbons (Fsp3) is 0.900. The molecule has 5 aliphatic carbocycles. The zero-order valence-electron chi connectivity index (χ0n) is 25.2. The monoisotopic (exact) mass is 574 g/mol. The van der Waals surface area contributed by atoms with Crippen LogP contribution in [0, 0.1) is 50.2 Å². The summed E-state index contributed by atoms with van der Waals surface area (Å²) in [5, 5.41) is 24.4. The third-order valence-corrected chi connectivity index (χ3v) is 13.7. The van der Waals surface area contributed by atoms with E-state index in [9.17, 15) is 28.0 Å². The summed E-state index contributed by atoms with van der Waals surface area (Å²) in [4.78, 5) is 12.7. The van der Waals surface area contributed by atoms with Crippen molar-refractivity contribution in [2.75, 3.05) is 0 Å². The molecule has 216 valence electrons. The first-order chi connectivity index (χ1) is 17.2. The van der Waals surface area contributed by atoms with E-state index in [-0.39, 0.29) is 63.1 Å². The average molecular weight is 575 g/mol. The smallest absolute Gasteiger partial charge is 0.549 e. The quantitative estimate of drug-likeness (QED) is 0.299. The fourth-order valence-electron chi connectivity index (χ4n) is 11.0. The molecule has 9 atom stereocenters. The first-order valence-electron chi connectivity index (χ1n) is 14.5. The Hall–Kier alpha value is 0.0400. The number of hydrogen-bond donors (Lipinski definition) is 2. The molecule has 0 aliphatic heterocycles. The molecule has 0 radical (unpaired) electrons. The van der Waals surface area contributed by atoms with E-state index in [1.54, 1.807) is 0 Å². The zero-order chi connectivity index (χ0) is 28.3. The Morgan fingerprint density at radius 2 is 1.62 bits per heavy atom. The second kappa shape index (κ2) is 9.52. The van der Waals surface area contributed by atoms with Gasteiger partial charge in [-0.15, -0.1) is 0 Å². The number of carbonyl (C=O) groups excluding carboxylic acids is 1.